The Kier molecular flexibility index (Phi) is 3.87. The Bertz CT molecular complexity index is 808. The quantitative estimate of drug-likeness (QED) is 0.778. The van der Waals surface area contributed by atoms with Gasteiger partial charge in [0.15, 0.2) is 0 Å². The summed E-state index contributed by atoms with van der Waals surface area (Å²) in [6.07, 6.45) is 0.563. The maximum Gasteiger partial charge on any atom is 0.251 e. The minimum atomic E-state index is -0.296. The van der Waals surface area contributed by atoms with Gasteiger partial charge in [0.2, 0.25) is 0 Å². The van der Waals surface area contributed by atoms with Crippen molar-refractivity contribution in [2.45, 2.75) is 13.3 Å². The number of nitrogens with zero attached hydrogens (tertiary/aromatic N) is 1. The summed E-state index contributed by atoms with van der Waals surface area (Å²) >= 11 is 0. The molecule has 0 atom stereocenters. The van der Waals surface area contributed by atoms with Crippen LogP contribution in [0.4, 0.5) is 4.39 Å². The van der Waals surface area contributed by atoms with E-state index in [2.05, 4.69) is 15.3 Å². The lowest BCUT2D eigenvalue weighted by molar-refractivity contribution is 0.0954. The number of rotatable bonds is 4. The number of carbonyl (C=O) groups is 1. The molecule has 0 aliphatic rings. The second-order valence-corrected chi connectivity index (χ2v) is 5.22. The lowest BCUT2D eigenvalue weighted by Crippen LogP contribution is -2.25. The first-order valence-corrected chi connectivity index (χ1v) is 7.11. The molecule has 0 spiro atoms. The Hall–Kier alpha value is -2.69. The van der Waals surface area contributed by atoms with Crippen molar-refractivity contribution in [2.75, 3.05) is 6.54 Å². The largest absolute Gasteiger partial charge is 0.352 e. The van der Waals surface area contributed by atoms with Crippen LogP contribution < -0.4 is 5.32 Å². The Morgan fingerprint density at radius 1 is 1.23 bits per heavy atom. The van der Waals surface area contributed by atoms with Crippen LogP contribution in [0, 0.1) is 12.7 Å². The van der Waals surface area contributed by atoms with Gasteiger partial charge in [0.1, 0.15) is 11.6 Å². The van der Waals surface area contributed by atoms with Gasteiger partial charge in [0.25, 0.3) is 5.91 Å². The highest BCUT2D eigenvalue weighted by Crippen LogP contribution is 2.13. The first-order chi connectivity index (χ1) is 10.6. The van der Waals surface area contributed by atoms with E-state index in [9.17, 15) is 9.18 Å². The second kappa shape index (κ2) is 5.97. The van der Waals surface area contributed by atoms with Crippen LogP contribution in [-0.4, -0.2) is 22.4 Å². The number of hydrogen-bond acceptors (Lipinski definition) is 2. The zero-order valence-electron chi connectivity index (χ0n) is 12.2. The van der Waals surface area contributed by atoms with E-state index in [0.29, 0.717) is 24.0 Å². The number of amides is 1. The SMILES string of the molecule is Cc1ccc(C(=O)NCCc2nc3ccc(F)cc3[nH]2)cc1. The average Bonchev–Trinajstić information content (AvgIpc) is 2.89. The monoisotopic (exact) mass is 297 g/mol. The molecule has 4 nitrogen and oxygen atoms in total. The van der Waals surface area contributed by atoms with E-state index in [1.807, 2.05) is 19.1 Å². The van der Waals surface area contributed by atoms with E-state index in [-0.39, 0.29) is 11.7 Å². The van der Waals surface area contributed by atoms with Gasteiger partial charge in [-0.1, -0.05) is 17.7 Å². The second-order valence-electron chi connectivity index (χ2n) is 5.22. The summed E-state index contributed by atoms with van der Waals surface area (Å²) in [5.74, 6) is 0.322. The van der Waals surface area contributed by atoms with Gasteiger partial charge in [-0.25, -0.2) is 9.37 Å². The molecule has 0 saturated carbocycles. The molecule has 1 heterocycles. The molecule has 0 unspecified atom stereocenters. The topological polar surface area (TPSA) is 57.8 Å². The zero-order chi connectivity index (χ0) is 15.5. The van der Waals surface area contributed by atoms with Gasteiger partial charge in [-0.05, 0) is 37.3 Å². The van der Waals surface area contributed by atoms with Crippen LogP contribution in [0.25, 0.3) is 11.0 Å². The number of aromatic nitrogens is 2. The number of imidazole rings is 1. The molecule has 2 aromatic carbocycles. The number of carbonyl (C=O) groups excluding carboxylic acids is 1. The van der Waals surface area contributed by atoms with Crippen LogP contribution in [0.15, 0.2) is 42.5 Å². The molecule has 0 radical (unpaired) electrons. The fourth-order valence-corrected chi connectivity index (χ4v) is 2.25. The maximum atomic E-state index is 13.1. The van der Waals surface area contributed by atoms with E-state index < -0.39 is 0 Å². The van der Waals surface area contributed by atoms with E-state index in [1.165, 1.54) is 12.1 Å². The molecule has 22 heavy (non-hydrogen) atoms. The van der Waals surface area contributed by atoms with Crippen LogP contribution in [0.5, 0.6) is 0 Å². The normalized spacial score (nSPS) is 10.8. The van der Waals surface area contributed by atoms with Gasteiger partial charge >= 0.3 is 0 Å². The van der Waals surface area contributed by atoms with Crippen molar-refractivity contribution in [1.29, 1.82) is 0 Å². The number of hydrogen-bond donors (Lipinski definition) is 2. The van der Waals surface area contributed by atoms with Crippen molar-refractivity contribution in [3.05, 3.63) is 65.2 Å². The van der Waals surface area contributed by atoms with Gasteiger partial charge in [-0.15, -0.1) is 0 Å². The van der Waals surface area contributed by atoms with Crippen LogP contribution in [0.2, 0.25) is 0 Å². The number of halogens is 1. The van der Waals surface area contributed by atoms with E-state index in [1.54, 1.807) is 18.2 Å². The van der Waals surface area contributed by atoms with Gasteiger partial charge in [-0.3, -0.25) is 4.79 Å². The third kappa shape index (κ3) is 3.14. The molecule has 3 rings (SSSR count). The van der Waals surface area contributed by atoms with Crippen molar-refractivity contribution in [3.8, 4) is 0 Å². The van der Waals surface area contributed by atoms with E-state index in [4.69, 9.17) is 0 Å². The summed E-state index contributed by atoms with van der Waals surface area (Å²) in [7, 11) is 0. The number of aromatic amines is 1. The van der Waals surface area contributed by atoms with Gasteiger partial charge in [-0.2, -0.15) is 0 Å². The highest BCUT2D eigenvalue weighted by atomic mass is 19.1. The molecule has 1 aromatic heterocycles. The third-order valence-electron chi connectivity index (χ3n) is 3.45. The first-order valence-electron chi connectivity index (χ1n) is 7.11. The van der Waals surface area contributed by atoms with Crippen LogP contribution >= 0.6 is 0 Å². The van der Waals surface area contributed by atoms with Crippen molar-refractivity contribution < 1.29 is 9.18 Å². The number of nitrogens with one attached hydrogen (secondary N) is 2. The predicted octanol–water partition coefficient (Wildman–Crippen LogP) is 2.98. The van der Waals surface area contributed by atoms with E-state index >= 15 is 0 Å². The molecule has 0 aliphatic carbocycles. The fourth-order valence-electron chi connectivity index (χ4n) is 2.25. The zero-order valence-corrected chi connectivity index (χ0v) is 12.2. The third-order valence-corrected chi connectivity index (χ3v) is 3.45. The summed E-state index contributed by atoms with van der Waals surface area (Å²) in [4.78, 5) is 19.4. The molecular formula is C17H16FN3O. The first kappa shape index (κ1) is 14.3. The molecule has 112 valence electrons. The minimum Gasteiger partial charge on any atom is -0.352 e. The lowest BCUT2D eigenvalue weighted by Gasteiger charge is -2.04. The van der Waals surface area contributed by atoms with Gasteiger partial charge < -0.3 is 10.3 Å². The van der Waals surface area contributed by atoms with E-state index in [0.717, 1.165) is 16.9 Å². The number of benzene rings is 2. The molecule has 1 amide bonds. The Labute approximate surface area is 127 Å². The summed E-state index contributed by atoms with van der Waals surface area (Å²) in [5.41, 5.74) is 3.14. The van der Waals surface area contributed by atoms with Crippen LogP contribution in [0.3, 0.4) is 0 Å². The summed E-state index contributed by atoms with van der Waals surface area (Å²) in [6.45, 7) is 2.45. The van der Waals surface area contributed by atoms with Gasteiger partial charge in [0, 0.05) is 18.5 Å². The lowest BCUT2D eigenvalue weighted by atomic mass is 10.1. The number of aryl methyl sites for hydroxylation is 1. The average molecular weight is 297 g/mol. The molecule has 0 aliphatic heterocycles. The molecular weight excluding hydrogens is 281 g/mol. The predicted molar refractivity (Wildman–Crippen MR) is 83.3 cm³/mol. The Morgan fingerprint density at radius 3 is 2.77 bits per heavy atom. The highest BCUT2D eigenvalue weighted by Gasteiger charge is 2.06. The Balaban J connectivity index is 1.59. The van der Waals surface area contributed by atoms with Crippen molar-refractivity contribution in [3.63, 3.8) is 0 Å². The number of fused-ring (bicyclic) bond motifs is 1. The molecule has 0 fully saturated rings. The Morgan fingerprint density at radius 2 is 2.00 bits per heavy atom. The standard InChI is InChI=1S/C17H16FN3O/c1-11-2-4-12(5-3-11)17(22)19-9-8-16-20-14-7-6-13(18)10-15(14)21-16/h2-7,10H,8-9H2,1H3,(H,19,22)(H,20,21). The van der Waals surface area contributed by atoms with Crippen molar-refractivity contribution in [1.82, 2.24) is 15.3 Å². The number of H-pyrrole nitrogens is 1. The van der Waals surface area contributed by atoms with Crippen LogP contribution in [-0.2, 0) is 6.42 Å². The minimum absolute atomic E-state index is 0.109. The summed E-state index contributed by atoms with van der Waals surface area (Å²) < 4.78 is 13.1. The molecule has 0 bridgehead atoms. The summed E-state index contributed by atoms with van der Waals surface area (Å²) in [5, 5.41) is 2.85. The molecule has 3 aromatic rings. The molecule has 5 heteroatoms. The van der Waals surface area contributed by atoms with Crippen molar-refractivity contribution in [2.24, 2.45) is 0 Å². The van der Waals surface area contributed by atoms with Crippen LogP contribution in [0.1, 0.15) is 21.7 Å². The maximum absolute atomic E-state index is 13.1. The van der Waals surface area contributed by atoms with Gasteiger partial charge in [0.05, 0.1) is 11.0 Å². The fraction of sp³-hybridized carbons (Fsp3) is 0.176. The molecule has 2 N–H and O–H groups in total. The molecule has 0 saturated heterocycles. The smallest absolute Gasteiger partial charge is 0.251 e. The van der Waals surface area contributed by atoms with Crippen molar-refractivity contribution >= 4 is 16.9 Å². The summed E-state index contributed by atoms with van der Waals surface area (Å²) in [6, 6.07) is 11.8. The highest BCUT2D eigenvalue weighted by molar-refractivity contribution is 5.94.